The molecule has 0 spiro atoms. The molecule has 1 aromatic carbocycles. The van der Waals surface area contributed by atoms with Crippen LogP contribution < -0.4 is 10.5 Å². The Morgan fingerprint density at radius 2 is 1.54 bits per heavy atom. The zero-order chi connectivity index (χ0) is 19.7. The summed E-state index contributed by atoms with van der Waals surface area (Å²) in [6.07, 6.45) is 5.64. The molecule has 2 saturated heterocycles. The molecule has 2 aliphatic heterocycles. The molecular formula is C19H27N5O3S. The number of aromatic nitrogens is 2. The second-order valence-electron chi connectivity index (χ2n) is 7.57. The molecule has 8 nitrogen and oxygen atoms in total. The lowest BCUT2D eigenvalue weighted by Gasteiger charge is -2.37. The van der Waals surface area contributed by atoms with E-state index >= 15 is 0 Å². The van der Waals surface area contributed by atoms with Gasteiger partial charge in [-0.1, -0.05) is 12.8 Å². The molecule has 0 N–H and O–H groups in total. The number of rotatable bonds is 3. The molecule has 2 aliphatic rings. The lowest BCUT2D eigenvalue weighted by Crippen LogP contribution is -2.53. The van der Waals surface area contributed by atoms with Crippen molar-refractivity contribution in [2.75, 3.05) is 44.2 Å². The molecule has 9 heteroatoms. The summed E-state index contributed by atoms with van der Waals surface area (Å²) in [6.45, 7) is 3.47. The zero-order valence-electron chi connectivity index (χ0n) is 16.2. The summed E-state index contributed by atoms with van der Waals surface area (Å²) in [6, 6.07) is 5.64. The van der Waals surface area contributed by atoms with Crippen molar-refractivity contribution >= 4 is 26.8 Å². The highest BCUT2D eigenvalue weighted by Gasteiger charge is 2.32. The van der Waals surface area contributed by atoms with E-state index in [9.17, 15) is 13.2 Å². The first-order valence-corrected chi connectivity index (χ1v) is 11.3. The van der Waals surface area contributed by atoms with E-state index in [1.807, 2.05) is 12.1 Å². The third-order valence-corrected chi connectivity index (χ3v) is 7.76. The quantitative estimate of drug-likeness (QED) is 0.766. The number of hydrogen-bond donors (Lipinski definition) is 0. The molecule has 1 aromatic heterocycles. The molecule has 2 fully saturated rings. The van der Waals surface area contributed by atoms with Gasteiger partial charge in [0.1, 0.15) is 0 Å². The van der Waals surface area contributed by atoms with E-state index in [-0.39, 0.29) is 5.56 Å². The van der Waals surface area contributed by atoms with E-state index < -0.39 is 10.2 Å². The summed E-state index contributed by atoms with van der Waals surface area (Å²) in [7, 11) is -1.69. The van der Waals surface area contributed by atoms with Gasteiger partial charge >= 0.3 is 0 Å². The molecular weight excluding hydrogens is 378 g/mol. The second-order valence-corrected chi connectivity index (χ2v) is 9.50. The van der Waals surface area contributed by atoms with Crippen LogP contribution in [0.3, 0.4) is 0 Å². The fraction of sp³-hybridized carbons (Fsp3) is 0.579. The Balaban J connectivity index is 1.47. The van der Waals surface area contributed by atoms with Gasteiger partial charge in [-0.15, -0.1) is 0 Å². The summed E-state index contributed by atoms with van der Waals surface area (Å²) in [5.74, 6) is 0. The Labute approximate surface area is 165 Å². The molecule has 0 radical (unpaired) electrons. The maximum Gasteiger partial charge on any atom is 0.282 e. The van der Waals surface area contributed by atoms with Crippen LogP contribution in [0.4, 0.5) is 5.69 Å². The number of benzene rings is 1. The highest BCUT2D eigenvalue weighted by Crippen LogP contribution is 2.23. The van der Waals surface area contributed by atoms with Gasteiger partial charge in [0.2, 0.25) is 0 Å². The smallest absolute Gasteiger partial charge is 0.282 e. The number of piperazine rings is 1. The Kier molecular flexibility index (Phi) is 5.39. The maximum atomic E-state index is 13.0. The largest absolute Gasteiger partial charge is 0.369 e. The molecule has 0 aliphatic carbocycles. The number of hydrogen-bond acceptors (Lipinski definition) is 5. The fourth-order valence-electron chi connectivity index (χ4n) is 4.01. The lowest BCUT2D eigenvalue weighted by molar-refractivity contribution is 0.327. The molecule has 0 bridgehead atoms. The van der Waals surface area contributed by atoms with Crippen LogP contribution in [0.2, 0.25) is 0 Å². The van der Waals surface area contributed by atoms with Gasteiger partial charge in [0.05, 0.1) is 17.2 Å². The molecule has 0 atom stereocenters. The highest BCUT2D eigenvalue weighted by molar-refractivity contribution is 7.86. The van der Waals surface area contributed by atoms with Crippen LogP contribution in [-0.2, 0) is 17.3 Å². The van der Waals surface area contributed by atoms with E-state index in [0.29, 0.717) is 50.2 Å². The summed E-state index contributed by atoms with van der Waals surface area (Å²) in [4.78, 5) is 18.7. The molecule has 152 valence electrons. The normalized spacial score (nSPS) is 20.4. The van der Waals surface area contributed by atoms with Crippen LogP contribution >= 0.6 is 0 Å². The molecule has 4 rings (SSSR count). The van der Waals surface area contributed by atoms with Crippen LogP contribution in [0.15, 0.2) is 29.3 Å². The average Bonchev–Trinajstić information content (AvgIpc) is 3.01. The number of anilines is 1. The minimum absolute atomic E-state index is 0.0649. The Morgan fingerprint density at radius 3 is 2.21 bits per heavy atom. The molecule has 28 heavy (non-hydrogen) atoms. The van der Waals surface area contributed by atoms with Gasteiger partial charge in [-0.3, -0.25) is 4.79 Å². The van der Waals surface area contributed by atoms with Crippen molar-refractivity contribution in [1.82, 2.24) is 18.2 Å². The predicted octanol–water partition coefficient (Wildman–Crippen LogP) is 1.18. The third kappa shape index (κ3) is 3.66. The van der Waals surface area contributed by atoms with Gasteiger partial charge in [-0.05, 0) is 31.0 Å². The molecule has 0 amide bonds. The Morgan fingerprint density at radius 1 is 0.893 bits per heavy atom. The predicted molar refractivity (Wildman–Crippen MR) is 110 cm³/mol. The monoisotopic (exact) mass is 405 g/mol. The number of nitrogens with zero attached hydrogens (tertiary/aromatic N) is 5. The van der Waals surface area contributed by atoms with Crippen molar-refractivity contribution in [2.45, 2.75) is 25.7 Å². The minimum Gasteiger partial charge on any atom is -0.369 e. The van der Waals surface area contributed by atoms with Crippen molar-refractivity contribution in [3.05, 3.63) is 34.9 Å². The zero-order valence-corrected chi connectivity index (χ0v) is 17.1. The van der Waals surface area contributed by atoms with Crippen LogP contribution in [0.25, 0.3) is 10.9 Å². The first-order chi connectivity index (χ1) is 13.5. The van der Waals surface area contributed by atoms with E-state index in [1.165, 1.54) is 10.9 Å². The van der Waals surface area contributed by atoms with E-state index in [2.05, 4.69) is 9.88 Å². The van der Waals surface area contributed by atoms with Gasteiger partial charge in [0.15, 0.2) is 0 Å². The SMILES string of the molecule is Cn1cnc2cc(N3CCN(S(=O)(=O)N4CCCCCC4)CC3)ccc2c1=O. The van der Waals surface area contributed by atoms with E-state index in [0.717, 1.165) is 31.4 Å². The Bertz CT molecular complexity index is 1000. The van der Waals surface area contributed by atoms with Gasteiger partial charge in [-0.2, -0.15) is 17.0 Å². The average molecular weight is 406 g/mol. The molecule has 3 heterocycles. The fourth-order valence-corrected chi connectivity index (χ4v) is 5.68. The van der Waals surface area contributed by atoms with Gasteiger partial charge in [0, 0.05) is 52.0 Å². The van der Waals surface area contributed by atoms with Crippen molar-refractivity contribution < 1.29 is 8.42 Å². The Hall–Kier alpha value is -1.97. The van der Waals surface area contributed by atoms with Crippen molar-refractivity contribution in [1.29, 1.82) is 0 Å². The summed E-state index contributed by atoms with van der Waals surface area (Å²) in [5.41, 5.74) is 1.57. The van der Waals surface area contributed by atoms with Crippen molar-refractivity contribution in [3.8, 4) is 0 Å². The number of fused-ring (bicyclic) bond motifs is 1. The number of aryl methyl sites for hydroxylation is 1. The van der Waals surface area contributed by atoms with Gasteiger partial charge in [-0.25, -0.2) is 4.98 Å². The van der Waals surface area contributed by atoms with E-state index in [1.54, 1.807) is 21.7 Å². The topological polar surface area (TPSA) is 78.8 Å². The summed E-state index contributed by atoms with van der Waals surface area (Å²) < 4.78 is 30.7. The van der Waals surface area contributed by atoms with Crippen LogP contribution in [0.1, 0.15) is 25.7 Å². The van der Waals surface area contributed by atoms with Gasteiger partial charge in [0.25, 0.3) is 15.8 Å². The van der Waals surface area contributed by atoms with Crippen molar-refractivity contribution in [2.24, 2.45) is 7.05 Å². The van der Waals surface area contributed by atoms with Crippen LogP contribution in [0.5, 0.6) is 0 Å². The van der Waals surface area contributed by atoms with Crippen molar-refractivity contribution in [3.63, 3.8) is 0 Å². The highest BCUT2D eigenvalue weighted by atomic mass is 32.2. The minimum atomic E-state index is -3.38. The molecule has 0 saturated carbocycles. The van der Waals surface area contributed by atoms with E-state index in [4.69, 9.17) is 0 Å². The first-order valence-electron chi connectivity index (χ1n) is 9.92. The lowest BCUT2D eigenvalue weighted by atomic mass is 10.2. The summed E-state index contributed by atoms with van der Waals surface area (Å²) >= 11 is 0. The maximum absolute atomic E-state index is 13.0. The molecule has 0 unspecified atom stereocenters. The standard InChI is InChI=1S/C19H27N5O3S/c1-21-15-20-18-14-16(6-7-17(18)19(21)25)22-10-12-24(13-11-22)28(26,27)23-8-4-2-3-5-9-23/h6-7,14-15H,2-5,8-13H2,1H3. The van der Waals surface area contributed by atoms with Crippen LogP contribution in [-0.4, -0.2) is 65.8 Å². The third-order valence-electron chi connectivity index (χ3n) is 5.72. The molecule has 2 aromatic rings. The first kappa shape index (κ1) is 19.4. The van der Waals surface area contributed by atoms with Gasteiger partial charge < -0.3 is 9.47 Å². The summed E-state index contributed by atoms with van der Waals surface area (Å²) in [5, 5.41) is 0.594. The van der Waals surface area contributed by atoms with Crippen LogP contribution in [0, 0.1) is 0 Å². The second kappa shape index (κ2) is 7.81.